The molecule has 4 unspecified atom stereocenters. The number of anilines is 1. The summed E-state index contributed by atoms with van der Waals surface area (Å²) >= 11 is 0. The molecule has 8 rings (SSSR count). The smallest absolute Gasteiger partial charge is 0.264 e. The average molecular weight is 683 g/mol. The van der Waals surface area contributed by atoms with E-state index in [1.165, 1.54) is 9.91 Å². The summed E-state index contributed by atoms with van der Waals surface area (Å²) in [6.07, 6.45) is 4.80. The van der Waals surface area contributed by atoms with E-state index >= 15 is 0 Å². The zero-order valence-electron chi connectivity index (χ0n) is 28.5. The zero-order chi connectivity index (χ0) is 35.1. The highest BCUT2D eigenvalue weighted by Crippen LogP contribution is 2.45. The molecule has 0 N–H and O–H groups in total. The van der Waals surface area contributed by atoms with E-state index in [0.29, 0.717) is 18.9 Å². The summed E-state index contributed by atoms with van der Waals surface area (Å²) < 4.78 is 11.3. The molecule has 1 aliphatic carbocycles. The first kappa shape index (κ1) is 32.4. The van der Waals surface area contributed by atoms with Gasteiger partial charge in [-0.15, -0.1) is 0 Å². The van der Waals surface area contributed by atoms with Crippen LogP contribution in [0, 0.1) is 5.92 Å². The van der Waals surface area contributed by atoms with E-state index in [-0.39, 0.29) is 24.4 Å². The first-order valence-electron chi connectivity index (χ1n) is 17.5. The third kappa shape index (κ3) is 5.82. The number of hydrogen-bond acceptors (Lipinski definition) is 9. The largest absolute Gasteiger partial charge is 0.494 e. The van der Waals surface area contributed by atoms with Crippen molar-refractivity contribution >= 4 is 46.0 Å². The Labute approximate surface area is 295 Å². The molecule has 1 saturated carbocycles. The summed E-state index contributed by atoms with van der Waals surface area (Å²) in [7, 11) is 0. The quantitative estimate of drug-likeness (QED) is 0.180. The van der Waals surface area contributed by atoms with E-state index in [9.17, 15) is 14.4 Å². The second-order valence-electron chi connectivity index (χ2n) is 13.0. The molecular weight excluding hydrogens is 644 g/mol. The van der Waals surface area contributed by atoms with Crippen LogP contribution in [0.25, 0.3) is 16.8 Å². The van der Waals surface area contributed by atoms with Crippen molar-refractivity contribution in [2.45, 2.75) is 51.2 Å². The fraction of sp³-hybridized carbons (Fsp3) is 0.300. The molecule has 3 amide bonds. The van der Waals surface area contributed by atoms with Gasteiger partial charge in [0.25, 0.3) is 17.7 Å². The summed E-state index contributed by atoms with van der Waals surface area (Å²) in [5.41, 5.74) is 4.44. The highest BCUT2D eigenvalue weighted by molar-refractivity contribution is 6.27. The summed E-state index contributed by atoms with van der Waals surface area (Å²) in [5, 5.41) is 18.0. The normalized spacial score (nSPS) is 23.2. The summed E-state index contributed by atoms with van der Waals surface area (Å²) in [6, 6.07) is 26.5. The Kier molecular flexibility index (Phi) is 8.55. The molecule has 51 heavy (non-hydrogen) atoms. The Morgan fingerprint density at radius 2 is 1.55 bits per heavy atom. The van der Waals surface area contributed by atoms with Crippen molar-refractivity contribution in [1.29, 1.82) is 0 Å². The van der Waals surface area contributed by atoms with Crippen LogP contribution in [0.3, 0.4) is 0 Å². The molecule has 3 heterocycles. The number of fused-ring (bicyclic) bond motifs is 3. The summed E-state index contributed by atoms with van der Waals surface area (Å²) in [6.45, 7) is 4.79. The molecule has 3 aliphatic heterocycles. The van der Waals surface area contributed by atoms with Gasteiger partial charge in [-0.3, -0.25) is 19.4 Å². The third-order valence-corrected chi connectivity index (χ3v) is 9.98. The number of allylic oxidation sites excluding steroid dienone is 1. The van der Waals surface area contributed by atoms with Crippen LogP contribution in [0.1, 0.15) is 50.3 Å². The maximum Gasteiger partial charge on any atom is 0.264 e. The lowest BCUT2D eigenvalue weighted by Crippen LogP contribution is -2.45. The summed E-state index contributed by atoms with van der Waals surface area (Å²) in [5.74, 6) is 0.295. The number of imide groups is 1. The van der Waals surface area contributed by atoms with Crippen molar-refractivity contribution in [3.63, 3.8) is 0 Å². The molecule has 0 aromatic heterocycles. The summed E-state index contributed by atoms with van der Waals surface area (Å²) in [4.78, 5) is 43.2. The molecule has 0 spiro atoms. The molecule has 0 bridgehead atoms. The van der Waals surface area contributed by atoms with Gasteiger partial charge in [-0.05, 0) is 91.6 Å². The van der Waals surface area contributed by atoms with Gasteiger partial charge in [-0.2, -0.15) is 10.2 Å². The van der Waals surface area contributed by atoms with Gasteiger partial charge < -0.3 is 9.47 Å². The van der Waals surface area contributed by atoms with Crippen molar-refractivity contribution in [1.82, 2.24) is 10.0 Å². The topological polar surface area (TPSA) is 116 Å². The number of rotatable bonds is 9. The van der Waals surface area contributed by atoms with E-state index in [0.717, 1.165) is 63.9 Å². The minimum atomic E-state index is -1.03. The number of ether oxygens (including phenoxy) is 2. The van der Waals surface area contributed by atoms with Gasteiger partial charge in [-0.25, -0.2) is 9.91 Å². The van der Waals surface area contributed by atoms with E-state index in [2.05, 4.69) is 16.4 Å². The predicted octanol–water partition coefficient (Wildman–Crippen LogP) is 6.75. The highest BCUT2D eigenvalue weighted by atomic mass is 16.5. The SMILES string of the molecule is CCOc1ccc(/C=C2\CCCC3C2=NN(C(=O)CN2N=NC4C(=O)N(c5cccc6ccccc56)C(=O)C42)C3c2ccc(OCC)cc2)cc1. The molecule has 4 aromatic carbocycles. The number of carbonyl (C=O) groups excluding carboxylic acids is 3. The highest BCUT2D eigenvalue weighted by Gasteiger charge is 2.56. The number of amides is 3. The van der Waals surface area contributed by atoms with Crippen molar-refractivity contribution in [3.8, 4) is 11.5 Å². The Bertz CT molecular complexity index is 2090. The molecule has 1 saturated heterocycles. The Hall–Kier alpha value is -5.84. The first-order chi connectivity index (χ1) is 24.9. The number of carbonyl (C=O) groups is 3. The molecule has 11 nitrogen and oxygen atoms in total. The van der Waals surface area contributed by atoms with Crippen LogP contribution in [0.5, 0.6) is 11.5 Å². The van der Waals surface area contributed by atoms with Crippen LogP contribution in [0.4, 0.5) is 5.69 Å². The lowest BCUT2D eigenvalue weighted by molar-refractivity contribution is -0.136. The average Bonchev–Trinajstić information content (AvgIpc) is 3.82. The second-order valence-corrected chi connectivity index (χ2v) is 13.0. The third-order valence-electron chi connectivity index (χ3n) is 9.98. The lowest BCUT2D eigenvalue weighted by atomic mass is 9.77. The van der Waals surface area contributed by atoms with Crippen molar-refractivity contribution < 1.29 is 23.9 Å². The van der Waals surface area contributed by atoms with Crippen LogP contribution in [0.2, 0.25) is 0 Å². The predicted molar refractivity (Wildman–Crippen MR) is 193 cm³/mol. The van der Waals surface area contributed by atoms with Gasteiger partial charge >= 0.3 is 0 Å². The fourth-order valence-electron chi connectivity index (χ4n) is 7.70. The second kappa shape index (κ2) is 13.5. The van der Waals surface area contributed by atoms with Gasteiger partial charge in [0.05, 0.1) is 30.7 Å². The monoisotopic (exact) mass is 682 g/mol. The van der Waals surface area contributed by atoms with Crippen LogP contribution < -0.4 is 14.4 Å². The van der Waals surface area contributed by atoms with E-state index in [1.807, 2.05) is 98.8 Å². The van der Waals surface area contributed by atoms with E-state index < -0.39 is 23.9 Å². The Balaban J connectivity index is 1.09. The standard InChI is InChI=1S/C40H38N6O5/c1-3-50-29-19-15-25(16-20-29)23-28-11-7-13-32-35(28)42-46(37(32)27-17-21-30(22-18-27)51-4-2)34(47)24-44-38-36(41-43-44)39(48)45(40(38)49)33-14-8-10-26-9-5-6-12-31(26)33/h5-6,8-10,12,14-23,32,36-38H,3-4,7,11,13,24H2,1-2H3/b28-23+. The molecular formula is C40H38N6O5. The number of hydrazone groups is 1. The van der Waals surface area contributed by atoms with Gasteiger partial charge in [-0.1, -0.05) is 65.9 Å². The molecule has 4 aromatic rings. The number of hydrogen-bond donors (Lipinski definition) is 0. The Morgan fingerprint density at radius 3 is 2.29 bits per heavy atom. The van der Waals surface area contributed by atoms with Crippen LogP contribution in [-0.4, -0.2) is 65.3 Å². The van der Waals surface area contributed by atoms with Gasteiger partial charge in [0.1, 0.15) is 18.0 Å². The van der Waals surface area contributed by atoms with Crippen LogP contribution in [-0.2, 0) is 14.4 Å². The van der Waals surface area contributed by atoms with E-state index in [1.54, 1.807) is 11.1 Å². The molecule has 2 fully saturated rings. The van der Waals surface area contributed by atoms with Gasteiger partial charge in [0, 0.05) is 11.3 Å². The molecule has 4 aliphatic rings. The maximum absolute atomic E-state index is 14.4. The van der Waals surface area contributed by atoms with Crippen molar-refractivity contribution in [2.75, 3.05) is 24.7 Å². The maximum atomic E-state index is 14.4. The first-order valence-corrected chi connectivity index (χ1v) is 17.5. The van der Waals surface area contributed by atoms with E-state index in [4.69, 9.17) is 14.6 Å². The lowest BCUT2D eigenvalue weighted by Gasteiger charge is -2.30. The molecule has 258 valence electrons. The molecule has 4 atom stereocenters. The molecule has 11 heteroatoms. The van der Waals surface area contributed by atoms with Crippen molar-refractivity contribution in [3.05, 3.63) is 108 Å². The minimum absolute atomic E-state index is 0.0286. The zero-order valence-corrected chi connectivity index (χ0v) is 28.5. The fourth-order valence-corrected chi connectivity index (χ4v) is 7.70. The van der Waals surface area contributed by atoms with Crippen molar-refractivity contribution in [2.24, 2.45) is 21.4 Å². The molecule has 0 radical (unpaired) electrons. The number of nitrogens with zero attached hydrogens (tertiary/aromatic N) is 6. The van der Waals surface area contributed by atoms with Gasteiger partial charge in [0.15, 0.2) is 12.1 Å². The van der Waals surface area contributed by atoms with Crippen LogP contribution >= 0.6 is 0 Å². The number of benzene rings is 4. The van der Waals surface area contributed by atoms with Crippen LogP contribution in [0.15, 0.2) is 112 Å². The Morgan fingerprint density at radius 1 is 0.843 bits per heavy atom. The van der Waals surface area contributed by atoms with Gasteiger partial charge in [0.2, 0.25) is 0 Å². The minimum Gasteiger partial charge on any atom is -0.494 e.